The van der Waals surface area contributed by atoms with Crippen LogP contribution in [0.4, 0.5) is 13.2 Å². The summed E-state index contributed by atoms with van der Waals surface area (Å²) in [6, 6.07) is 5.40. The van der Waals surface area contributed by atoms with Gasteiger partial charge in [-0.25, -0.2) is 0 Å². The number of rotatable bonds is 3. The maximum Gasteiger partial charge on any atom is 0.392 e. The molecule has 1 N–H and O–H groups in total. The van der Waals surface area contributed by atoms with Gasteiger partial charge in [-0.05, 0) is 23.3 Å². The van der Waals surface area contributed by atoms with Crippen LogP contribution in [-0.4, -0.2) is 12.8 Å². The van der Waals surface area contributed by atoms with Gasteiger partial charge in [0.2, 0.25) is 0 Å². The van der Waals surface area contributed by atoms with E-state index in [1.807, 2.05) is 6.07 Å². The van der Waals surface area contributed by atoms with Crippen molar-refractivity contribution in [2.45, 2.75) is 25.7 Å². The van der Waals surface area contributed by atoms with Crippen LogP contribution in [0, 0.1) is 0 Å². The van der Waals surface area contributed by atoms with Gasteiger partial charge in [0.15, 0.2) is 0 Å². The maximum absolute atomic E-state index is 11.9. The molecule has 0 saturated carbocycles. The van der Waals surface area contributed by atoms with E-state index in [0.717, 1.165) is 18.7 Å². The Balaban J connectivity index is 1.91. The molecule has 0 bridgehead atoms. The highest BCUT2D eigenvalue weighted by atomic mass is 19.4. The molecule has 1 aliphatic heterocycles. The average Bonchev–Trinajstić information content (AvgIpc) is 2.62. The lowest BCUT2D eigenvalue weighted by atomic mass is 10.1. The van der Waals surface area contributed by atoms with E-state index >= 15 is 0 Å². The fourth-order valence-corrected chi connectivity index (χ4v) is 1.65. The highest BCUT2D eigenvalue weighted by Gasteiger charge is 2.26. The van der Waals surface area contributed by atoms with E-state index < -0.39 is 12.6 Å². The molecule has 0 aromatic heterocycles. The molecule has 0 unspecified atom stereocenters. The largest absolute Gasteiger partial charge is 0.493 e. The molecule has 2 rings (SSSR count). The van der Waals surface area contributed by atoms with Crippen LogP contribution in [0.2, 0.25) is 0 Å². The van der Waals surface area contributed by atoms with Crippen LogP contribution in [0.1, 0.15) is 17.5 Å². The van der Waals surface area contributed by atoms with E-state index in [1.54, 1.807) is 12.1 Å². The minimum absolute atomic E-state index is 0.324. The van der Waals surface area contributed by atoms with Crippen LogP contribution in [0.25, 0.3) is 0 Å². The van der Waals surface area contributed by atoms with E-state index in [0.29, 0.717) is 5.75 Å². The summed E-state index contributed by atoms with van der Waals surface area (Å²) in [6.07, 6.45) is -5.07. The van der Waals surface area contributed by atoms with Crippen LogP contribution < -0.4 is 10.1 Å². The first-order valence-electron chi connectivity index (χ1n) is 5.07. The summed E-state index contributed by atoms with van der Waals surface area (Å²) in [4.78, 5) is 0. The Morgan fingerprint density at radius 2 is 1.94 bits per heavy atom. The SMILES string of the molecule is FC(F)(F)CCOc1ccc2c(c1)CNC2. The molecule has 2 nitrogen and oxygen atoms in total. The minimum Gasteiger partial charge on any atom is -0.493 e. The monoisotopic (exact) mass is 231 g/mol. The van der Waals surface area contributed by atoms with E-state index in [1.165, 1.54) is 5.56 Å². The topological polar surface area (TPSA) is 21.3 Å². The van der Waals surface area contributed by atoms with Crippen LogP contribution in [0.5, 0.6) is 5.75 Å². The smallest absolute Gasteiger partial charge is 0.392 e. The third kappa shape index (κ3) is 2.88. The molecule has 0 amide bonds. The van der Waals surface area contributed by atoms with E-state index in [2.05, 4.69) is 5.32 Å². The number of hydrogen-bond donors (Lipinski definition) is 1. The number of benzene rings is 1. The van der Waals surface area contributed by atoms with E-state index in [9.17, 15) is 13.2 Å². The number of hydrogen-bond acceptors (Lipinski definition) is 2. The Hall–Kier alpha value is -1.23. The van der Waals surface area contributed by atoms with Gasteiger partial charge in [0, 0.05) is 13.1 Å². The van der Waals surface area contributed by atoms with Crippen molar-refractivity contribution in [2.24, 2.45) is 0 Å². The fourth-order valence-electron chi connectivity index (χ4n) is 1.65. The molecule has 16 heavy (non-hydrogen) atoms. The fraction of sp³-hybridized carbons (Fsp3) is 0.455. The lowest BCUT2D eigenvalue weighted by molar-refractivity contribution is -0.139. The van der Waals surface area contributed by atoms with Crippen LogP contribution in [0.15, 0.2) is 18.2 Å². The third-order valence-corrected chi connectivity index (χ3v) is 2.46. The van der Waals surface area contributed by atoms with Gasteiger partial charge in [0.05, 0.1) is 13.0 Å². The zero-order valence-corrected chi connectivity index (χ0v) is 8.60. The molecule has 0 radical (unpaired) electrons. The van der Waals surface area contributed by atoms with Gasteiger partial charge in [-0.3, -0.25) is 0 Å². The first kappa shape index (κ1) is 11.3. The molecule has 1 aromatic carbocycles. The van der Waals surface area contributed by atoms with Crippen molar-refractivity contribution in [1.82, 2.24) is 5.32 Å². The molecule has 1 aliphatic rings. The zero-order chi connectivity index (χ0) is 11.6. The molecule has 1 heterocycles. The predicted molar refractivity (Wildman–Crippen MR) is 53.2 cm³/mol. The Morgan fingerprint density at radius 1 is 1.19 bits per heavy atom. The molecule has 1 aromatic rings. The minimum atomic E-state index is -4.15. The molecule has 0 aliphatic carbocycles. The van der Waals surface area contributed by atoms with Gasteiger partial charge in [-0.15, -0.1) is 0 Å². The summed E-state index contributed by atoms with van der Waals surface area (Å²) in [5.74, 6) is 0.506. The normalized spacial score (nSPS) is 14.9. The Bertz CT molecular complexity index is 376. The maximum atomic E-state index is 11.9. The molecule has 0 fully saturated rings. The van der Waals surface area contributed by atoms with Crippen LogP contribution >= 0.6 is 0 Å². The first-order chi connectivity index (χ1) is 7.54. The van der Waals surface area contributed by atoms with Crippen molar-refractivity contribution < 1.29 is 17.9 Å². The summed E-state index contributed by atoms with van der Waals surface area (Å²) >= 11 is 0. The Morgan fingerprint density at radius 3 is 2.69 bits per heavy atom. The summed E-state index contributed by atoms with van der Waals surface area (Å²) < 4.78 is 40.7. The summed E-state index contributed by atoms with van der Waals surface area (Å²) in [5.41, 5.74) is 2.28. The van der Waals surface area contributed by atoms with Crippen molar-refractivity contribution in [3.8, 4) is 5.75 Å². The second kappa shape index (κ2) is 4.33. The van der Waals surface area contributed by atoms with E-state index in [4.69, 9.17) is 4.74 Å². The van der Waals surface area contributed by atoms with Crippen molar-refractivity contribution in [1.29, 1.82) is 0 Å². The number of halogens is 3. The molecule has 0 atom stereocenters. The van der Waals surface area contributed by atoms with Gasteiger partial charge in [-0.1, -0.05) is 6.07 Å². The number of nitrogens with one attached hydrogen (secondary N) is 1. The number of ether oxygens (including phenoxy) is 1. The first-order valence-corrected chi connectivity index (χ1v) is 5.07. The zero-order valence-electron chi connectivity index (χ0n) is 8.60. The predicted octanol–water partition coefficient (Wildman–Crippen LogP) is 2.62. The van der Waals surface area contributed by atoms with Gasteiger partial charge >= 0.3 is 6.18 Å². The molecular formula is C11H12F3NO. The summed E-state index contributed by atoms with van der Waals surface area (Å²) in [7, 11) is 0. The molecule has 0 saturated heterocycles. The average molecular weight is 231 g/mol. The van der Waals surface area contributed by atoms with Crippen molar-refractivity contribution in [3.63, 3.8) is 0 Å². The number of fused-ring (bicyclic) bond motifs is 1. The Labute approximate surface area is 91.4 Å². The number of alkyl halides is 3. The van der Waals surface area contributed by atoms with Crippen LogP contribution in [-0.2, 0) is 13.1 Å². The van der Waals surface area contributed by atoms with Crippen molar-refractivity contribution >= 4 is 0 Å². The molecular weight excluding hydrogens is 219 g/mol. The van der Waals surface area contributed by atoms with Crippen molar-refractivity contribution in [2.75, 3.05) is 6.61 Å². The standard InChI is InChI=1S/C11H12F3NO/c12-11(13,14)3-4-16-10-2-1-8-6-15-7-9(8)5-10/h1-2,5,15H,3-4,6-7H2. The van der Waals surface area contributed by atoms with Crippen molar-refractivity contribution in [3.05, 3.63) is 29.3 Å². The van der Waals surface area contributed by atoms with Gasteiger partial charge in [-0.2, -0.15) is 13.2 Å². The highest BCUT2D eigenvalue weighted by Crippen LogP contribution is 2.23. The lowest BCUT2D eigenvalue weighted by Gasteiger charge is -2.09. The molecule has 88 valence electrons. The third-order valence-electron chi connectivity index (χ3n) is 2.46. The van der Waals surface area contributed by atoms with Gasteiger partial charge in [0.1, 0.15) is 5.75 Å². The van der Waals surface area contributed by atoms with Gasteiger partial charge < -0.3 is 10.1 Å². The molecule has 5 heteroatoms. The highest BCUT2D eigenvalue weighted by molar-refractivity contribution is 5.37. The second-order valence-corrected chi connectivity index (χ2v) is 3.75. The lowest BCUT2D eigenvalue weighted by Crippen LogP contribution is -2.13. The summed E-state index contributed by atoms with van der Waals surface area (Å²) in [5, 5.41) is 3.16. The second-order valence-electron chi connectivity index (χ2n) is 3.75. The van der Waals surface area contributed by atoms with Gasteiger partial charge in [0.25, 0.3) is 0 Å². The van der Waals surface area contributed by atoms with Crippen LogP contribution in [0.3, 0.4) is 0 Å². The quantitative estimate of drug-likeness (QED) is 0.863. The Kier molecular flexibility index (Phi) is 3.05. The van der Waals surface area contributed by atoms with E-state index in [-0.39, 0.29) is 6.61 Å². The molecule has 0 spiro atoms. The summed E-state index contributed by atoms with van der Waals surface area (Å²) in [6.45, 7) is 1.25.